The highest BCUT2D eigenvalue weighted by Gasteiger charge is 2.47. The molecule has 11 nitrogen and oxygen atoms in total. The number of ether oxygens (including phenoxy) is 4. The van der Waals surface area contributed by atoms with Crippen LogP contribution in [0.2, 0.25) is 0 Å². The lowest BCUT2D eigenvalue weighted by Gasteiger charge is -2.38. The summed E-state index contributed by atoms with van der Waals surface area (Å²) in [5.41, 5.74) is 0. The quantitative estimate of drug-likeness (QED) is 0.0277. The fourth-order valence-electron chi connectivity index (χ4n) is 6.35. The number of aliphatic hydroxyl groups is 3. The lowest BCUT2D eigenvalue weighted by atomic mass is 9.99. The monoisotopic (exact) mass is 769 g/mol. The van der Waals surface area contributed by atoms with Gasteiger partial charge in [-0.25, -0.2) is 4.79 Å². The zero-order valence-corrected chi connectivity index (χ0v) is 33.7. The third kappa shape index (κ3) is 25.7. The molecule has 0 aromatic heterocycles. The van der Waals surface area contributed by atoms with Gasteiger partial charge in [-0.05, 0) is 57.8 Å². The van der Waals surface area contributed by atoms with Crippen LogP contribution in [0.3, 0.4) is 0 Å². The van der Waals surface area contributed by atoms with Crippen LogP contribution in [-0.4, -0.2) is 88.4 Å². The first-order valence-corrected chi connectivity index (χ1v) is 21.4. The average Bonchev–Trinajstić information content (AvgIpc) is 3.15. The second-order valence-electron chi connectivity index (χ2n) is 14.8. The summed E-state index contributed by atoms with van der Waals surface area (Å²) < 4.78 is 21.6. The molecule has 314 valence electrons. The zero-order chi connectivity index (χ0) is 39.7. The van der Waals surface area contributed by atoms with Crippen molar-refractivity contribution in [1.82, 2.24) is 0 Å². The van der Waals surface area contributed by atoms with E-state index in [9.17, 15) is 34.8 Å². The van der Waals surface area contributed by atoms with Gasteiger partial charge in [-0.3, -0.25) is 9.59 Å². The minimum Gasteiger partial charge on any atom is -0.479 e. The Morgan fingerprint density at radius 2 is 1.02 bits per heavy atom. The van der Waals surface area contributed by atoms with Gasteiger partial charge in [0.2, 0.25) is 0 Å². The number of carbonyl (C=O) groups excluding carboxylic acids is 2. The maximum absolute atomic E-state index is 12.7. The van der Waals surface area contributed by atoms with Crippen LogP contribution in [0.25, 0.3) is 0 Å². The summed E-state index contributed by atoms with van der Waals surface area (Å²) in [4.78, 5) is 36.7. The third-order valence-corrected chi connectivity index (χ3v) is 9.75. The second-order valence-corrected chi connectivity index (χ2v) is 14.8. The molecule has 0 aliphatic carbocycles. The summed E-state index contributed by atoms with van der Waals surface area (Å²) in [7, 11) is 0. The summed E-state index contributed by atoms with van der Waals surface area (Å²) in [5.74, 6) is -2.46. The van der Waals surface area contributed by atoms with Gasteiger partial charge >= 0.3 is 17.9 Å². The van der Waals surface area contributed by atoms with Crippen molar-refractivity contribution in [3.05, 3.63) is 24.3 Å². The number of hydrogen-bond donors (Lipinski definition) is 4. The van der Waals surface area contributed by atoms with E-state index >= 15 is 0 Å². The van der Waals surface area contributed by atoms with E-state index in [-0.39, 0.29) is 19.4 Å². The topological polar surface area (TPSA) is 169 Å². The molecule has 1 fully saturated rings. The standard InChI is InChI=1S/C43H76O11/c1-3-5-7-9-11-13-15-16-17-18-19-20-21-22-24-25-27-29-31-36(44)51-33-35(34-52-43-40(48)38(46)39(47)41(54-43)42(49)50)53-37(45)32-30-28-26-23-14-12-10-8-6-4-2/h8,10,17-18,35,38-41,43,46-48H,3-7,9,11-16,19-34H2,1-2H3,(H,49,50)/b10-8-,18-17-. The highest BCUT2D eigenvalue weighted by molar-refractivity contribution is 5.73. The molecular weight excluding hydrogens is 692 g/mol. The van der Waals surface area contributed by atoms with E-state index in [0.29, 0.717) is 12.8 Å². The Bertz CT molecular complexity index is 1000. The van der Waals surface area contributed by atoms with E-state index in [1.807, 2.05) is 0 Å². The van der Waals surface area contributed by atoms with Crippen molar-refractivity contribution in [2.24, 2.45) is 0 Å². The Morgan fingerprint density at radius 1 is 0.556 bits per heavy atom. The Hall–Kier alpha value is -2.31. The van der Waals surface area contributed by atoms with Crippen molar-refractivity contribution in [3.8, 4) is 0 Å². The van der Waals surface area contributed by atoms with Crippen LogP contribution in [0.4, 0.5) is 0 Å². The van der Waals surface area contributed by atoms with Gasteiger partial charge in [-0.2, -0.15) is 0 Å². The van der Waals surface area contributed by atoms with Gasteiger partial charge in [0, 0.05) is 12.8 Å². The van der Waals surface area contributed by atoms with Crippen molar-refractivity contribution in [2.75, 3.05) is 13.2 Å². The first-order chi connectivity index (χ1) is 26.2. The number of aliphatic carboxylic acids is 1. The summed E-state index contributed by atoms with van der Waals surface area (Å²) in [5, 5.41) is 39.7. The van der Waals surface area contributed by atoms with Crippen LogP contribution in [-0.2, 0) is 33.3 Å². The van der Waals surface area contributed by atoms with Crippen LogP contribution in [0, 0.1) is 0 Å². The first kappa shape index (κ1) is 49.7. The van der Waals surface area contributed by atoms with Gasteiger partial charge in [-0.1, -0.05) is 134 Å². The molecule has 1 rings (SSSR count). The van der Waals surface area contributed by atoms with Crippen LogP contribution >= 0.6 is 0 Å². The lowest BCUT2D eigenvalue weighted by Crippen LogP contribution is -2.60. The molecule has 1 aliphatic heterocycles. The maximum atomic E-state index is 12.7. The molecule has 54 heavy (non-hydrogen) atoms. The van der Waals surface area contributed by atoms with Crippen molar-refractivity contribution >= 4 is 17.9 Å². The molecule has 11 heteroatoms. The largest absolute Gasteiger partial charge is 0.479 e. The van der Waals surface area contributed by atoms with Gasteiger partial charge in [0.15, 0.2) is 18.5 Å². The van der Waals surface area contributed by atoms with E-state index < -0.39 is 61.3 Å². The molecule has 4 N–H and O–H groups in total. The molecular formula is C43H76O11. The normalized spacial score (nSPS) is 20.8. The number of carboxylic acids is 1. The molecule has 0 aromatic rings. The summed E-state index contributed by atoms with van der Waals surface area (Å²) >= 11 is 0. The molecule has 0 aromatic carbocycles. The Kier molecular flexibility index (Phi) is 31.3. The number of esters is 2. The average molecular weight is 769 g/mol. The molecule has 1 aliphatic rings. The Morgan fingerprint density at radius 3 is 1.52 bits per heavy atom. The number of allylic oxidation sites excluding steroid dienone is 4. The summed E-state index contributed by atoms with van der Waals surface area (Å²) in [6.45, 7) is 3.72. The zero-order valence-electron chi connectivity index (χ0n) is 33.7. The molecule has 1 saturated heterocycles. The van der Waals surface area contributed by atoms with E-state index in [0.717, 1.165) is 70.6 Å². The highest BCUT2D eigenvalue weighted by atomic mass is 16.7. The SMILES string of the molecule is CCC/C=C\CCCCCCCC(=O)OC(COC(=O)CCCCCCCCC/C=C\CCCCCCCCC)COC1OC(C(=O)O)C(O)C(O)C1O. The maximum Gasteiger partial charge on any atom is 0.335 e. The van der Waals surface area contributed by atoms with Crippen molar-refractivity contribution in [3.63, 3.8) is 0 Å². The molecule has 6 atom stereocenters. The summed E-state index contributed by atoms with van der Waals surface area (Å²) in [6.07, 6.45) is 26.7. The molecule has 0 spiro atoms. The molecule has 0 amide bonds. The highest BCUT2D eigenvalue weighted by Crippen LogP contribution is 2.23. The number of carbonyl (C=O) groups is 3. The van der Waals surface area contributed by atoms with E-state index in [1.54, 1.807) is 0 Å². The Balaban J connectivity index is 2.35. The molecule has 0 radical (unpaired) electrons. The minimum absolute atomic E-state index is 0.172. The Labute approximate surface area is 326 Å². The number of unbranched alkanes of at least 4 members (excludes halogenated alkanes) is 20. The van der Waals surface area contributed by atoms with E-state index in [2.05, 4.69) is 38.2 Å². The van der Waals surface area contributed by atoms with Crippen LogP contribution < -0.4 is 0 Å². The number of hydrogen-bond acceptors (Lipinski definition) is 10. The number of carboxylic acid groups (broad SMARTS) is 1. The minimum atomic E-state index is -1.86. The van der Waals surface area contributed by atoms with Crippen molar-refractivity contribution in [1.29, 1.82) is 0 Å². The fraction of sp³-hybridized carbons (Fsp3) is 0.837. The van der Waals surface area contributed by atoms with Crippen LogP contribution in [0.1, 0.15) is 181 Å². The van der Waals surface area contributed by atoms with Gasteiger partial charge < -0.3 is 39.4 Å². The van der Waals surface area contributed by atoms with Crippen molar-refractivity contribution < 1.29 is 53.8 Å². The number of aliphatic hydroxyl groups excluding tert-OH is 3. The van der Waals surface area contributed by atoms with E-state index in [1.165, 1.54) is 70.6 Å². The van der Waals surface area contributed by atoms with Crippen LogP contribution in [0.5, 0.6) is 0 Å². The second kappa shape index (κ2) is 34.0. The molecule has 0 saturated carbocycles. The molecule has 1 heterocycles. The fourth-order valence-corrected chi connectivity index (χ4v) is 6.35. The predicted molar refractivity (Wildman–Crippen MR) is 211 cm³/mol. The lowest BCUT2D eigenvalue weighted by molar-refractivity contribution is -0.298. The first-order valence-electron chi connectivity index (χ1n) is 21.4. The summed E-state index contributed by atoms with van der Waals surface area (Å²) in [6, 6.07) is 0. The van der Waals surface area contributed by atoms with Gasteiger partial charge in [0.1, 0.15) is 24.9 Å². The third-order valence-electron chi connectivity index (χ3n) is 9.75. The van der Waals surface area contributed by atoms with E-state index in [4.69, 9.17) is 18.9 Å². The number of rotatable bonds is 35. The predicted octanol–water partition coefficient (Wildman–Crippen LogP) is 8.65. The smallest absolute Gasteiger partial charge is 0.335 e. The van der Waals surface area contributed by atoms with Gasteiger partial charge in [0.25, 0.3) is 0 Å². The van der Waals surface area contributed by atoms with Crippen molar-refractivity contribution in [2.45, 2.75) is 218 Å². The molecule has 0 bridgehead atoms. The van der Waals surface area contributed by atoms with Gasteiger partial charge in [0.05, 0.1) is 6.61 Å². The molecule has 6 unspecified atom stereocenters. The van der Waals surface area contributed by atoms with Crippen LogP contribution in [0.15, 0.2) is 24.3 Å². The van der Waals surface area contributed by atoms with Gasteiger partial charge in [-0.15, -0.1) is 0 Å².